The number of carbonyl (C=O) groups excluding carboxylic acids is 3. The van der Waals surface area contributed by atoms with Crippen LogP contribution in [0.3, 0.4) is 0 Å². The van der Waals surface area contributed by atoms with E-state index >= 15 is 0 Å². The third-order valence-corrected chi connectivity index (χ3v) is 6.76. The highest BCUT2D eigenvalue weighted by Crippen LogP contribution is 2.34. The number of carbonyl (C=O) groups is 3. The lowest BCUT2D eigenvalue weighted by atomic mass is 9.87. The van der Waals surface area contributed by atoms with Gasteiger partial charge in [-0.15, -0.1) is 0 Å². The minimum Gasteiger partial charge on any atom is -0.353 e. The lowest BCUT2D eigenvalue weighted by Crippen LogP contribution is -2.55. The van der Waals surface area contributed by atoms with E-state index in [1.165, 1.54) is 14.7 Å². The van der Waals surface area contributed by atoms with Gasteiger partial charge in [-0.3, -0.25) is 29.2 Å². The van der Waals surface area contributed by atoms with Crippen LogP contribution in [0.4, 0.5) is 5.69 Å². The molecule has 0 aliphatic carbocycles. The van der Waals surface area contributed by atoms with Crippen molar-refractivity contribution in [1.82, 2.24) is 20.1 Å². The van der Waals surface area contributed by atoms with Gasteiger partial charge in [-0.2, -0.15) is 5.26 Å². The van der Waals surface area contributed by atoms with E-state index in [9.17, 15) is 19.6 Å². The van der Waals surface area contributed by atoms with Crippen LogP contribution < -0.4 is 10.2 Å². The topological polar surface area (TPSA) is 110 Å². The Hall–Kier alpha value is -3.93. The monoisotopic (exact) mass is 488 g/mol. The molecule has 0 spiro atoms. The fourth-order valence-electron chi connectivity index (χ4n) is 4.77. The van der Waals surface area contributed by atoms with Crippen molar-refractivity contribution in [2.45, 2.75) is 51.1 Å². The molecule has 2 saturated heterocycles. The van der Waals surface area contributed by atoms with Crippen molar-refractivity contribution in [2.75, 3.05) is 31.1 Å². The van der Waals surface area contributed by atoms with E-state index in [1.54, 1.807) is 24.5 Å². The number of aromatic nitrogens is 1. The maximum absolute atomic E-state index is 14.1. The average molecular weight is 489 g/mol. The molecule has 3 heterocycles. The first-order valence-corrected chi connectivity index (χ1v) is 12.3. The summed E-state index contributed by atoms with van der Waals surface area (Å²) in [6.45, 7) is 7.45. The number of nitriles is 1. The number of hydrogen-bond donors (Lipinski definition) is 1. The molecule has 0 radical (unpaired) electrons. The van der Waals surface area contributed by atoms with Crippen LogP contribution in [0.1, 0.15) is 50.8 Å². The molecule has 3 amide bonds. The Labute approximate surface area is 211 Å². The molecule has 2 aliphatic rings. The zero-order valence-electron chi connectivity index (χ0n) is 21.0. The van der Waals surface area contributed by atoms with Crippen LogP contribution in [0.25, 0.3) is 0 Å². The Morgan fingerprint density at radius 1 is 1.19 bits per heavy atom. The Bertz CT molecular complexity index is 1150. The first-order valence-electron chi connectivity index (χ1n) is 12.3. The minimum absolute atomic E-state index is 0.0751. The molecule has 0 bridgehead atoms. The summed E-state index contributed by atoms with van der Waals surface area (Å²) in [4.78, 5) is 48.9. The van der Waals surface area contributed by atoms with Crippen molar-refractivity contribution < 1.29 is 14.4 Å². The van der Waals surface area contributed by atoms with E-state index in [0.717, 1.165) is 12.0 Å². The molecule has 188 valence electrons. The van der Waals surface area contributed by atoms with Crippen LogP contribution in [0.5, 0.6) is 0 Å². The third-order valence-electron chi connectivity index (χ3n) is 6.76. The van der Waals surface area contributed by atoms with E-state index < -0.39 is 12.1 Å². The van der Waals surface area contributed by atoms with E-state index in [0.29, 0.717) is 37.3 Å². The zero-order chi connectivity index (χ0) is 25.9. The van der Waals surface area contributed by atoms with Gasteiger partial charge in [0, 0.05) is 43.3 Å². The highest BCUT2D eigenvalue weighted by atomic mass is 16.2. The molecule has 9 nitrogen and oxygen atoms in total. The number of nitrogens with one attached hydrogen (secondary N) is 1. The van der Waals surface area contributed by atoms with Crippen molar-refractivity contribution in [3.8, 4) is 6.19 Å². The highest BCUT2D eigenvalue weighted by Gasteiger charge is 2.42. The number of hydrogen-bond acceptors (Lipinski definition) is 6. The summed E-state index contributed by atoms with van der Waals surface area (Å²) in [6.07, 6.45) is 6.57. The molecule has 2 unspecified atom stereocenters. The Morgan fingerprint density at radius 3 is 2.56 bits per heavy atom. The predicted molar refractivity (Wildman–Crippen MR) is 135 cm³/mol. The quantitative estimate of drug-likeness (QED) is 0.647. The number of anilines is 1. The van der Waals surface area contributed by atoms with E-state index in [1.807, 2.05) is 24.3 Å². The number of likely N-dealkylation sites (tertiary alicyclic amines) is 1. The van der Waals surface area contributed by atoms with Crippen molar-refractivity contribution in [2.24, 2.45) is 0 Å². The van der Waals surface area contributed by atoms with Gasteiger partial charge in [0.15, 0.2) is 6.19 Å². The lowest BCUT2D eigenvalue weighted by molar-refractivity contribution is -0.140. The van der Waals surface area contributed by atoms with Crippen LogP contribution in [-0.2, 0) is 19.8 Å². The van der Waals surface area contributed by atoms with Gasteiger partial charge in [-0.05, 0) is 42.0 Å². The van der Waals surface area contributed by atoms with Gasteiger partial charge in [0.1, 0.15) is 12.1 Å². The molecule has 1 N–H and O–H groups in total. The van der Waals surface area contributed by atoms with E-state index in [2.05, 4.69) is 37.3 Å². The first kappa shape index (κ1) is 25.2. The summed E-state index contributed by atoms with van der Waals surface area (Å²) < 4.78 is 0. The van der Waals surface area contributed by atoms with Crippen molar-refractivity contribution >= 4 is 23.4 Å². The van der Waals surface area contributed by atoms with Gasteiger partial charge in [0.2, 0.25) is 5.91 Å². The maximum atomic E-state index is 14.1. The molecular formula is C27H32N6O3. The molecule has 36 heavy (non-hydrogen) atoms. The number of rotatable bonds is 5. The maximum Gasteiger partial charge on any atom is 0.251 e. The first-order chi connectivity index (χ1) is 17.2. The minimum atomic E-state index is -1.03. The summed E-state index contributed by atoms with van der Waals surface area (Å²) in [5.41, 5.74) is 2.11. The summed E-state index contributed by atoms with van der Waals surface area (Å²) in [5, 5.41) is 12.4. The summed E-state index contributed by atoms with van der Waals surface area (Å²) in [7, 11) is 0. The van der Waals surface area contributed by atoms with Gasteiger partial charge in [0.25, 0.3) is 11.8 Å². The lowest BCUT2D eigenvalue weighted by Gasteiger charge is -2.38. The van der Waals surface area contributed by atoms with Crippen molar-refractivity contribution in [3.05, 3.63) is 59.9 Å². The number of amides is 3. The smallest absolute Gasteiger partial charge is 0.251 e. The van der Waals surface area contributed by atoms with Crippen LogP contribution in [0.2, 0.25) is 0 Å². The molecule has 2 aliphatic heterocycles. The van der Waals surface area contributed by atoms with Gasteiger partial charge < -0.3 is 10.2 Å². The molecule has 1 aromatic carbocycles. The van der Waals surface area contributed by atoms with Gasteiger partial charge in [-0.1, -0.05) is 39.0 Å². The Balaban J connectivity index is 1.83. The van der Waals surface area contributed by atoms with E-state index in [4.69, 9.17) is 0 Å². The number of piperazine rings is 1. The van der Waals surface area contributed by atoms with Crippen LogP contribution in [0, 0.1) is 11.5 Å². The molecular weight excluding hydrogens is 456 g/mol. The molecule has 2 atom stereocenters. The number of pyridine rings is 1. The molecule has 2 fully saturated rings. The SMILES string of the molecule is CC(C)(C)c1ccc(N(C(=O)C2CCCN2C#N)C(C(=O)N2CCNC(=O)C2)c2cccnc2)cc1. The average Bonchev–Trinajstić information content (AvgIpc) is 3.36. The van der Waals surface area contributed by atoms with E-state index in [-0.39, 0.29) is 29.7 Å². The largest absolute Gasteiger partial charge is 0.353 e. The molecule has 4 rings (SSSR count). The van der Waals surface area contributed by atoms with Crippen LogP contribution in [-0.4, -0.2) is 64.7 Å². The molecule has 2 aromatic rings. The van der Waals surface area contributed by atoms with Crippen LogP contribution >= 0.6 is 0 Å². The second kappa shape index (κ2) is 10.4. The Kier molecular flexibility index (Phi) is 7.25. The molecule has 0 saturated carbocycles. The highest BCUT2D eigenvalue weighted by molar-refractivity contribution is 6.04. The predicted octanol–water partition coefficient (Wildman–Crippen LogP) is 2.36. The number of nitrogens with zero attached hydrogens (tertiary/aromatic N) is 5. The van der Waals surface area contributed by atoms with Gasteiger partial charge >= 0.3 is 0 Å². The van der Waals surface area contributed by atoms with Crippen molar-refractivity contribution in [1.29, 1.82) is 5.26 Å². The second-order valence-corrected chi connectivity index (χ2v) is 10.3. The summed E-state index contributed by atoms with van der Waals surface area (Å²) in [6, 6.07) is 9.43. The van der Waals surface area contributed by atoms with Crippen LogP contribution in [0.15, 0.2) is 48.8 Å². The van der Waals surface area contributed by atoms with Gasteiger partial charge in [-0.25, -0.2) is 0 Å². The zero-order valence-corrected chi connectivity index (χ0v) is 21.0. The summed E-state index contributed by atoms with van der Waals surface area (Å²) >= 11 is 0. The molecule has 1 aromatic heterocycles. The fourth-order valence-corrected chi connectivity index (χ4v) is 4.77. The number of benzene rings is 1. The normalized spacial score (nSPS) is 18.8. The standard InChI is InChI=1S/C27H32N6O3/c1-27(2,3)20-8-10-21(11-9-20)33(25(35)22-7-5-14-32(22)18-28)24(19-6-4-12-29-16-19)26(36)31-15-13-30-23(34)17-31/h4,6,8-12,16,22,24H,5,7,13-15,17H2,1-3H3,(H,30,34). The fraction of sp³-hybridized carbons (Fsp3) is 0.444. The summed E-state index contributed by atoms with van der Waals surface area (Å²) in [5.74, 6) is -0.910. The molecule has 9 heteroatoms. The Morgan fingerprint density at radius 2 is 1.94 bits per heavy atom. The second-order valence-electron chi connectivity index (χ2n) is 10.3. The van der Waals surface area contributed by atoms with Crippen molar-refractivity contribution in [3.63, 3.8) is 0 Å². The third kappa shape index (κ3) is 5.18. The van der Waals surface area contributed by atoms with Gasteiger partial charge in [0.05, 0.1) is 6.54 Å².